The van der Waals surface area contributed by atoms with Crippen LogP contribution in [0.4, 0.5) is 5.69 Å². The molecule has 0 fully saturated rings. The van der Waals surface area contributed by atoms with Gasteiger partial charge in [0.1, 0.15) is 13.2 Å². The largest absolute Gasteiger partial charge is 0.460 e. The molecule has 9 heteroatoms. The molecule has 7 nitrogen and oxygen atoms in total. The maximum atomic E-state index is 12.6. The first-order valence-electron chi connectivity index (χ1n) is 9.81. The molecule has 1 aliphatic rings. The third kappa shape index (κ3) is 4.74. The fourth-order valence-electron chi connectivity index (χ4n) is 3.28. The molecule has 0 bridgehead atoms. The standard InChI is InChI=1S/C24H16Cl2N2O5/c25-19-10-5-14(11-20(19)26)13-33-21(29)12-27-22(30)15-6-8-16(9-7-15)28-23(31)17-3-1-2-4-18(17)24(28)32/h1-11H,12-13H2,(H,27,30). The fourth-order valence-corrected chi connectivity index (χ4v) is 3.61. The molecule has 3 aromatic rings. The number of ether oxygens (including phenoxy) is 1. The number of nitrogens with zero attached hydrogens (tertiary/aromatic N) is 1. The molecule has 4 rings (SSSR count). The van der Waals surface area contributed by atoms with Crippen LogP contribution in [-0.2, 0) is 16.1 Å². The van der Waals surface area contributed by atoms with E-state index in [0.29, 0.717) is 32.4 Å². The number of halogens is 2. The zero-order valence-corrected chi connectivity index (χ0v) is 18.5. The Hall–Kier alpha value is -3.68. The maximum absolute atomic E-state index is 12.6. The van der Waals surface area contributed by atoms with Crippen LogP contribution in [0.1, 0.15) is 36.6 Å². The molecule has 0 saturated heterocycles. The molecule has 1 heterocycles. The van der Waals surface area contributed by atoms with Crippen LogP contribution in [0.2, 0.25) is 10.0 Å². The molecule has 0 unspecified atom stereocenters. The molecule has 0 spiro atoms. The first kappa shape index (κ1) is 22.5. The van der Waals surface area contributed by atoms with Crippen molar-refractivity contribution in [2.45, 2.75) is 6.61 Å². The zero-order valence-electron chi connectivity index (χ0n) is 17.0. The molecule has 1 N–H and O–H groups in total. The Morgan fingerprint density at radius 2 is 1.48 bits per heavy atom. The lowest BCUT2D eigenvalue weighted by atomic mass is 10.1. The summed E-state index contributed by atoms with van der Waals surface area (Å²) < 4.78 is 5.11. The van der Waals surface area contributed by atoms with Crippen LogP contribution in [0.5, 0.6) is 0 Å². The van der Waals surface area contributed by atoms with Crippen molar-refractivity contribution in [1.82, 2.24) is 5.32 Å². The number of rotatable bonds is 6. The van der Waals surface area contributed by atoms with Crippen molar-refractivity contribution in [2.24, 2.45) is 0 Å². The number of carbonyl (C=O) groups is 4. The summed E-state index contributed by atoms with van der Waals surface area (Å²) in [7, 11) is 0. The van der Waals surface area contributed by atoms with Crippen molar-refractivity contribution in [3.05, 3.63) is 99.0 Å². The topological polar surface area (TPSA) is 92.8 Å². The quantitative estimate of drug-likeness (QED) is 0.418. The van der Waals surface area contributed by atoms with Crippen molar-refractivity contribution >= 4 is 52.6 Å². The summed E-state index contributed by atoms with van der Waals surface area (Å²) in [6.07, 6.45) is 0. The van der Waals surface area contributed by atoms with Gasteiger partial charge in [0.05, 0.1) is 26.9 Å². The van der Waals surface area contributed by atoms with Crippen LogP contribution in [0.25, 0.3) is 0 Å². The van der Waals surface area contributed by atoms with E-state index in [0.717, 1.165) is 4.90 Å². The van der Waals surface area contributed by atoms with Gasteiger partial charge in [-0.05, 0) is 54.1 Å². The second-order valence-electron chi connectivity index (χ2n) is 7.13. The summed E-state index contributed by atoms with van der Waals surface area (Å²) in [4.78, 5) is 50.5. The monoisotopic (exact) mass is 482 g/mol. The number of benzene rings is 3. The summed E-state index contributed by atoms with van der Waals surface area (Å²) in [5.74, 6) is -1.97. The van der Waals surface area contributed by atoms with Crippen LogP contribution >= 0.6 is 23.2 Å². The lowest BCUT2D eigenvalue weighted by molar-refractivity contribution is -0.143. The van der Waals surface area contributed by atoms with Crippen LogP contribution in [-0.4, -0.2) is 30.2 Å². The van der Waals surface area contributed by atoms with Crippen LogP contribution in [0, 0.1) is 0 Å². The van der Waals surface area contributed by atoms with Gasteiger partial charge >= 0.3 is 5.97 Å². The Morgan fingerprint density at radius 1 is 0.848 bits per heavy atom. The molecule has 3 amide bonds. The molecule has 3 aromatic carbocycles. The third-order valence-corrected chi connectivity index (χ3v) is 5.70. The number of carbonyl (C=O) groups excluding carboxylic acids is 4. The van der Waals surface area contributed by atoms with E-state index < -0.39 is 23.7 Å². The molecular weight excluding hydrogens is 467 g/mol. The second kappa shape index (κ2) is 9.44. The van der Waals surface area contributed by atoms with Crippen molar-refractivity contribution in [3.8, 4) is 0 Å². The van der Waals surface area contributed by atoms with Gasteiger partial charge in [0.25, 0.3) is 17.7 Å². The highest BCUT2D eigenvalue weighted by Crippen LogP contribution is 2.28. The van der Waals surface area contributed by atoms with Crippen LogP contribution in [0.3, 0.4) is 0 Å². The molecule has 0 atom stereocenters. The zero-order chi connectivity index (χ0) is 23.5. The average molecular weight is 483 g/mol. The molecular formula is C24H16Cl2N2O5. The van der Waals surface area contributed by atoms with Gasteiger partial charge in [0.2, 0.25) is 0 Å². The molecule has 1 aliphatic heterocycles. The molecule has 0 saturated carbocycles. The number of fused-ring (bicyclic) bond motifs is 1. The van der Waals surface area contributed by atoms with E-state index in [1.807, 2.05) is 0 Å². The van der Waals surface area contributed by atoms with E-state index in [-0.39, 0.29) is 18.7 Å². The molecule has 0 aliphatic carbocycles. The van der Waals surface area contributed by atoms with E-state index in [1.165, 1.54) is 24.3 Å². The Morgan fingerprint density at radius 3 is 2.09 bits per heavy atom. The predicted molar refractivity (Wildman–Crippen MR) is 123 cm³/mol. The number of esters is 1. The summed E-state index contributed by atoms with van der Waals surface area (Å²) in [5.41, 5.74) is 1.94. The Bertz CT molecular complexity index is 1240. The van der Waals surface area contributed by atoms with Crippen molar-refractivity contribution in [3.63, 3.8) is 0 Å². The minimum atomic E-state index is -0.628. The van der Waals surface area contributed by atoms with E-state index in [9.17, 15) is 19.2 Å². The molecule has 0 radical (unpaired) electrons. The number of anilines is 1. The maximum Gasteiger partial charge on any atom is 0.325 e. The summed E-state index contributed by atoms with van der Waals surface area (Å²) in [6, 6.07) is 17.4. The van der Waals surface area contributed by atoms with Crippen LogP contribution < -0.4 is 10.2 Å². The first-order valence-corrected chi connectivity index (χ1v) is 10.6. The van der Waals surface area contributed by atoms with Gasteiger partial charge in [-0.15, -0.1) is 0 Å². The van der Waals surface area contributed by atoms with Gasteiger partial charge in [-0.3, -0.25) is 19.2 Å². The minimum absolute atomic E-state index is 0.0133. The lowest BCUT2D eigenvalue weighted by Gasteiger charge is -2.14. The fraction of sp³-hybridized carbons (Fsp3) is 0.0833. The second-order valence-corrected chi connectivity index (χ2v) is 7.94. The molecule has 0 aromatic heterocycles. The number of hydrogen-bond acceptors (Lipinski definition) is 5. The molecule has 166 valence electrons. The van der Waals surface area contributed by atoms with Gasteiger partial charge in [-0.25, -0.2) is 4.90 Å². The predicted octanol–water partition coefficient (Wildman–Crippen LogP) is 4.27. The minimum Gasteiger partial charge on any atom is -0.460 e. The Labute approximate surface area is 198 Å². The summed E-state index contributed by atoms with van der Waals surface area (Å²) in [5, 5.41) is 3.21. The third-order valence-electron chi connectivity index (χ3n) is 4.96. The average Bonchev–Trinajstić information content (AvgIpc) is 3.08. The van der Waals surface area contributed by atoms with E-state index in [2.05, 4.69) is 5.32 Å². The number of imide groups is 1. The first-order chi connectivity index (χ1) is 15.8. The van der Waals surface area contributed by atoms with Crippen molar-refractivity contribution in [2.75, 3.05) is 11.4 Å². The lowest BCUT2D eigenvalue weighted by Crippen LogP contribution is -2.31. The molecule has 33 heavy (non-hydrogen) atoms. The highest BCUT2D eigenvalue weighted by molar-refractivity contribution is 6.42. The van der Waals surface area contributed by atoms with Gasteiger partial charge in [-0.2, -0.15) is 0 Å². The SMILES string of the molecule is O=C(CNC(=O)c1ccc(N2C(=O)c3ccccc3C2=O)cc1)OCc1ccc(Cl)c(Cl)c1. The van der Waals surface area contributed by atoms with Crippen molar-refractivity contribution < 1.29 is 23.9 Å². The number of amides is 3. The highest BCUT2D eigenvalue weighted by Gasteiger charge is 2.36. The summed E-state index contributed by atoms with van der Waals surface area (Å²) in [6.45, 7) is -0.346. The van der Waals surface area contributed by atoms with E-state index >= 15 is 0 Å². The van der Waals surface area contributed by atoms with E-state index in [4.69, 9.17) is 27.9 Å². The van der Waals surface area contributed by atoms with E-state index in [1.54, 1.807) is 42.5 Å². The van der Waals surface area contributed by atoms with Crippen LogP contribution in [0.15, 0.2) is 66.7 Å². The normalized spacial score (nSPS) is 12.5. The Balaban J connectivity index is 1.32. The van der Waals surface area contributed by atoms with Gasteiger partial charge < -0.3 is 10.1 Å². The van der Waals surface area contributed by atoms with Gasteiger partial charge in [0, 0.05) is 5.56 Å². The van der Waals surface area contributed by atoms with Gasteiger partial charge in [0.15, 0.2) is 0 Å². The van der Waals surface area contributed by atoms with Gasteiger partial charge in [-0.1, -0.05) is 41.4 Å². The smallest absolute Gasteiger partial charge is 0.325 e. The number of nitrogens with one attached hydrogen (secondary N) is 1. The summed E-state index contributed by atoms with van der Waals surface area (Å²) >= 11 is 11.8. The number of hydrogen-bond donors (Lipinski definition) is 1. The highest BCUT2D eigenvalue weighted by atomic mass is 35.5. The van der Waals surface area contributed by atoms with Crippen molar-refractivity contribution in [1.29, 1.82) is 0 Å². The Kier molecular flexibility index (Phi) is 6.44.